The van der Waals surface area contributed by atoms with E-state index in [2.05, 4.69) is 15.6 Å². The molecule has 218 valence electrons. The number of rotatable bonds is 7. The fourth-order valence-electron chi connectivity index (χ4n) is 3.42. The standard InChI is InChI=1S/C27H29N5O4.CH4O3S/c1-15-11-20(22(30-13-15)25(34)32-18-8-5-16(6-9-18)23(28)29)19-10-7-17(12-21(19)26(35)36)24(33)31-14-27(2,3)4;1-5(2,3)4/h5-13H,14H2,1-4H3,(H3,28,29)(H,31,33)(H,32,34)(H,35,36);1H3,(H,2,3,4). The topological polar surface area (TPSA) is 213 Å². The number of nitrogens with one attached hydrogen (secondary N) is 3. The van der Waals surface area contributed by atoms with E-state index in [4.69, 9.17) is 15.7 Å². The van der Waals surface area contributed by atoms with Gasteiger partial charge in [-0.3, -0.25) is 24.5 Å². The molecule has 2 amide bonds. The fraction of sp³-hybridized carbons (Fsp3) is 0.250. The van der Waals surface area contributed by atoms with E-state index in [0.717, 1.165) is 5.56 Å². The van der Waals surface area contributed by atoms with Crippen molar-refractivity contribution in [3.8, 4) is 11.1 Å². The molecule has 0 atom stereocenters. The van der Waals surface area contributed by atoms with Crippen LogP contribution in [0.15, 0.2) is 54.7 Å². The predicted octanol–water partition coefficient (Wildman–Crippen LogP) is 3.57. The first-order valence-corrected chi connectivity index (χ1v) is 14.0. The average Bonchev–Trinajstić information content (AvgIpc) is 2.85. The normalized spacial score (nSPS) is 11.1. The lowest BCUT2D eigenvalue weighted by molar-refractivity contribution is 0.0697. The van der Waals surface area contributed by atoms with Crippen LogP contribution in [0.5, 0.6) is 0 Å². The van der Waals surface area contributed by atoms with E-state index < -0.39 is 22.0 Å². The summed E-state index contributed by atoms with van der Waals surface area (Å²) in [5, 5.41) is 22.9. The van der Waals surface area contributed by atoms with E-state index in [-0.39, 0.29) is 39.5 Å². The van der Waals surface area contributed by atoms with Crippen molar-refractivity contribution in [3.63, 3.8) is 0 Å². The van der Waals surface area contributed by atoms with Crippen molar-refractivity contribution in [1.29, 1.82) is 5.41 Å². The number of nitrogen functional groups attached to an aromatic ring is 1. The lowest BCUT2D eigenvalue weighted by Crippen LogP contribution is -2.32. The number of amides is 2. The Labute approximate surface area is 238 Å². The Kier molecular flexibility index (Phi) is 10.5. The second-order valence-electron chi connectivity index (χ2n) is 10.4. The highest BCUT2D eigenvalue weighted by Gasteiger charge is 2.22. The highest BCUT2D eigenvalue weighted by molar-refractivity contribution is 7.85. The van der Waals surface area contributed by atoms with Crippen molar-refractivity contribution in [3.05, 3.63) is 82.7 Å². The molecule has 0 aliphatic carbocycles. The number of aromatic carboxylic acids is 1. The second-order valence-corrected chi connectivity index (χ2v) is 11.9. The quantitative estimate of drug-likeness (QED) is 0.136. The largest absolute Gasteiger partial charge is 0.478 e. The first-order chi connectivity index (χ1) is 18.9. The molecule has 0 aliphatic rings. The second kappa shape index (κ2) is 13.2. The molecule has 7 N–H and O–H groups in total. The number of benzene rings is 2. The number of carboxylic acid groups (broad SMARTS) is 1. The highest BCUT2D eigenvalue weighted by atomic mass is 32.2. The minimum atomic E-state index is -3.67. The average molecular weight is 584 g/mol. The van der Waals surface area contributed by atoms with Crippen LogP contribution in [-0.4, -0.2) is 59.5 Å². The Morgan fingerprint density at radius 3 is 2.05 bits per heavy atom. The van der Waals surface area contributed by atoms with Crippen LogP contribution in [0.2, 0.25) is 0 Å². The summed E-state index contributed by atoms with van der Waals surface area (Å²) in [4.78, 5) is 42.2. The van der Waals surface area contributed by atoms with Gasteiger partial charge in [0.05, 0.1) is 11.8 Å². The molecule has 2 aromatic carbocycles. The van der Waals surface area contributed by atoms with Crippen LogP contribution in [0.1, 0.15) is 63.1 Å². The summed E-state index contributed by atoms with van der Waals surface area (Å²) in [6.07, 6.45) is 2.24. The van der Waals surface area contributed by atoms with E-state index in [1.165, 1.54) is 24.4 Å². The maximum Gasteiger partial charge on any atom is 0.336 e. The summed E-state index contributed by atoms with van der Waals surface area (Å²) in [6, 6.07) is 12.5. The van der Waals surface area contributed by atoms with Gasteiger partial charge in [-0.15, -0.1) is 0 Å². The molecule has 13 heteroatoms. The minimum Gasteiger partial charge on any atom is -0.478 e. The highest BCUT2D eigenvalue weighted by Crippen LogP contribution is 2.29. The zero-order valence-corrected chi connectivity index (χ0v) is 24.1. The van der Waals surface area contributed by atoms with E-state index in [9.17, 15) is 27.9 Å². The molecule has 0 unspecified atom stereocenters. The van der Waals surface area contributed by atoms with E-state index in [1.54, 1.807) is 37.3 Å². The smallest absolute Gasteiger partial charge is 0.336 e. The van der Waals surface area contributed by atoms with Crippen LogP contribution in [0.3, 0.4) is 0 Å². The summed E-state index contributed by atoms with van der Waals surface area (Å²) in [5.74, 6) is -2.24. The van der Waals surface area contributed by atoms with E-state index in [1.807, 2.05) is 20.8 Å². The monoisotopic (exact) mass is 583 g/mol. The van der Waals surface area contributed by atoms with Crippen LogP contribution < -0.4 is 16.4 Å². The van der Waals surface area contributed by atoms with Gasteiger partial charge in [0.2, 0.25) is 0 Å². The van der Waals surface area contributed by atoms with Crippen molar-refractivity contribution >= 4 is 39.4 Å². The Bertz CT molecular complexity index is 1570. The molecule has 1 heterocycles. The molecule has 12 nitrogen and oxygen atoms in total. The van der Waals surface area contributed by atoms with Crippen LogP contribution >= 0.6 is 0 Å². The number of hydrogen-bond donors (Lipinski definition) is 6. The maximum absolute atomic E-state index is 13.1. The summed E-state index contributed by atoms with van der Waals surface area (Å²) < 4.78 is 25.9. The number of carbonyl (C=O) groups is 3. The van der Waals surface area contributed by atoms with Gasteiger partial charge in [-0.2, -0.15) is 8.42 Å². The molecule has 1 aromatic heterocycles. The zero-order valence-electron chi connectivity index (χ0n) is 23.3. The number of pyridine rings is 1. The molecule has 0 spiro atoms. The SMILES string of the molecule is CS(=O)(=O)O.Cc1cnc(C(=O)Nc2ccc(C(=N)N)cc2)c(-c2ccc(C(=O)NCC(C)(C)C)cc2C(=O)O)c1. The molecule has 41 heavy (non-hydrogen) atoms. The van der Waals surface area contributed by atoms with E-state index >= 15 is 0 Å². The number of aromatic nitrogens is 1. The van der Waals surface area contributed by atoms with Gasteiger partial charge in [-0.05, 0) is 65.9 Å². The van der Waals surface area contributed by atoms with Crippen molar-refractivity contribution < 1.29 is 32.5 Å². The van der Waals surface area contributed by atoms with Crippen molar-refractivity contribution in [2.45, 2.75) is 27.7 Å². The van der Waals surface area contributed by atoms with Crippen molar-refractivity contribution in [1.82, 2.24) is 10.3 Å². The van der Waals surface area contributed by atoms with Crippen LogP contribution in [-0.2, 0) is 10.1 Å². The Morgan fingerprint density at radius 1 is 0.976 bits per heavy atom. The summed E-state index contributed by atoms with van der Waals surface area (Å²) in [6.45, 7) is 8.15. The van der Waals surface area contributed by atoms with Gasteiger partial charge >= 0.3 is 5.97 Å². The fourth-order valence-corrected chi connectivity index (χ4v) is 3.42. The van der Waals surface area contributed by atoms with Gasteiger partial charge in [0, 0.05) is 35.1 Å². The third-order valence-corrected chi connectivity index (χ3v) is 5.27. The van der Waals surface area contributed by atoms with Gasteiger partial charge in [0.1, 0.15) is 11.5 Å². The number of amidine groups is 1. The first-order valence-electron chi connectivity index (χ1n) is 12.2. The maximum atomic E-state index is 13.1. The van der Waals surface area contributed by atoms with Crippen molar-refractivity contribution in [2.24, 2.45) is 11.1 Å². The molecule has 0 fully saturated rings. The lowest BCUT2D eigenvalue weighted by Gasteiger charge is -2.19. The Balaban J connectivity index is 0.00000108. The summed E-state index contributed by atoms with van der Waals surface area (Å²) in [7, 11) is -3.67. The number of aryl methyl sites for hydroxylation is 1. The van der Waals surface area contributed by atoms with Crippen LogP contribution in [0.25, 0.3) is 11.1 Å². The third-order valence-electron chi connectivity index (χ3n) is 5.27. The molecule has 0 saturated carbocycles. The number of nitrogens with zero attached hydrogens (tertiary/aromatic N) is 1. The predicted molar refractivity (Wildman–Crippen MR) is 156 cm³/mol. The Hall–Kier alpha value is -4.62. The molecular formula is C28H33N5O7S. The lowest BCUT2D eigenvalue weighted by atomic mass is 9.94. The number of anilines is 1. The number of nitrogens with two attached hydrogens (primary N) is 1. The minimum absolute atomic E-state index is 0.0312. The van der Waals surface area contributed by atoms with Gasteiger partial charge < -0.3 is 21.5 Å². The molecule has 0 radical (unpaired) electrons. The first kappa shape index (κ1) is 32.6. The number of carboxylic acids is 1. The van der Waals surface area contributed by atoms with Crippen LogP contribution in [0.4, 0.5) is 5.69 Å². The zero-order chi connectivity index (χ0) is 31.1. The molecule has 3 rings (SSSR count). The molecule has 0 aliphatic heterocycles. The van der Waals surface area contributed by atoms with E-state index in [0.29, 0.717) is 29.6 Å². The number of hydrogen-bond acceptors (Lipinski definition) is 7. The Morgan fingerprint density at radius 2 is 1.54 bits per heavy atom. The van der Waals surface area contributed by atoms with Crippen molar-refractivity contribution in [2.75, 3.05) is 18.1 Å². The molecule has 0 bridgehead atoms. The molecule has 0 saturated heterocycles. The van der Waals surface area contributed by atoms with Gasteiger partial charge in [-0.1, -0.05) is 26.8 Å². The molecular weight excluding hydrogens is 550 g/mol. The van der Waals surface area contributed by atoms with Gasteiger partial charge in [0.25, 0.3) is 21.9 Å². The van der Waals surface area contributed by atoms with Crippen LogP contribution in [0, 0.1) is 17.7 Å². The summed E-state index contributed by atoms with van der Waals surface area (Å²) in [5.41, 5.74) is 7.76. The van der Waals surface area contributed by atoms with Gasteiger partial charge in [-0.25, -0.2) is 4.79 Å². The molecule has 3 aromatic rings. The number of carbonyl (C=O) groups excluding carboxylic acids is 2. The summed E-state index contributed by atoms with van der Waals surface area (Å²) >= 11 is 0. The third kappa shape index (κ3) is 10.5. The van der Waals surface area contributed by atoms with Gasteiger partial charge in [0.15, 0.2) is 0 Å².